The van der Waals surface area contributed by atoms with Gasteiger partial charge in [-0.05, 0) is 195 Å². The molecule has 0 spiro atoms. The van der Waals surface area contributed by atoms with Crippen molar-refractivity contribution in [3.05, 3.63) is 148 Å². The molecule has 5 heteroatoms. The highest BCUT2D eigenvalue weighted by atomic mass is 32.1. The molecular weight excluding hydrogens is 914 g/mol. The molecule has 3 aliphatic heterocycles. The van der Waals surface area contributed by atoms with Gasteiger partial charge >= 0.3 is 0 Å². The predicted octanol–water partition coefficient (Wildman–Crippen LogP) is 17.5. The molecule has 3 nitrogen and oxygen atoms in total. The van der Waals surface area contributed by atoms with Crippen molar-refractivity contribution in [2.45, 2.75) is 192 Å². The van der Waals surface area contributed by atoms with Gasteiger partial charge in [-0.1, -0.05) is 151 Å². The molecule has 4 heterocycles. The first-order valence-electron chi connectivity index (χ1n) is 28.6. The van der Waals surface area contributed by atoms with Gasteiger partial charge in [-0.2, -0.15) is 0 Å². The van der Waals surface area contributed by atoms with Gasteiger partial charge in [0.15, 0.2) is 0 Å². The summed E-state index contributed by atoms with van der Waals surface area (Å²) >= 11 is 2.10. The fourth-order valence-corrected chi connectivity index (χ4v) is 17.9. The van der Waals surface area contributed by atoms with Gasteiger partial charge in [0.2, 0.25) is 0 Å². The smallest absolute Gasteiger partial charge is 0.264 e. The van der Waals surface area contributed by atoms with E-state index in [0.29, 0.717) is 5.92 Å². The number of rotatable bonds is 3. The lowest BCUT2D eigenvalue weighted by atomic mass is 9.35. The number of para-hydroxylation sites is 1. The molecule has 0 bridgehead atoms. The van der Waals surface area contributed by atoms with Gasteiger partial charge in [-0.25, -0.2) is 0 Å². The van der Waals surface area contributed by atoms with Gasteiger partial charge in [0.25, 0.3) is 6.71 Å². The second kappa shape index (κ2) is 15.0. The lowest BCUT2D eigenvalue weighted by Crippen LogP contribution is -2.61. The number of hydrogen-bond acceptors (Lipinski definition) is 4. The molecule has 7 aliphatic rings. The van der Waals surface area contributed by atoms with Gasteiger partial charge in [0.05, 0.1) is 11.2 Å². The van der Waals surface area contributed by atoms with Crippen molar-refractivity contribution in [3.63, 3.8) is 0 Å². The van der Waals surface area contributed by atoms with Crippen LogP contribution in [0.2, 0.25) is 0 Å². The Bertz CT molecular complexity index is 3530. The van der Waals surface area contributed by atoms with Gasteiger partial charge in [-0.3, -0.25) is 0 Å². The second-order valence-corrected chi connectivity index (χ2v) is 29.7. The highest BCUT2D eigenvalue weighted by molar-refractivity contribution is 7.33. The van der Waals surface area contributed by atoms with Gasteiger partial charge in [0.1, 0.15) is 0 Å². The van der Waals surface area contributed by atoms with Gasteiger partial charge in [0, 0.05) is 60.1 Å². The molecule has 4 aliphatic carbocycles. The van der Waals surface area contributed by atoms with E-state index in [4.69, 9.17) is 0 Å². The van der Waals surface area contributed by atoms with Gasteiger partial charge in [-0.15, -0.1) is 11.3 Å². The Morgan fingerprint density at radius 3 is 1.77 bits per heavy atom. The van der Waals surface area contributed by atoms with E-state index in [1.165, 1.54) is 144 Å². The van der Waals surface area contributed by atoms with Crippen molar-refractivity contribution in [2.75, 3.05) is 14.7 Å². The highest BCUT2D eigenvalue weighted by Gasteiger charge is 2.59. The normalized spacial score (nSPS) is 26.6. The Morgan fingerprint density at radius 1 is 0.554 bits per heavy atom. The van der Waals surface area contributed by atoms with Crippen molar-refractivity contribution in [1.29, 1.82) is 0 Å². The average molecular weight is 992 g/mol. The van der Waals surface area contributed by atoms with Crippen LogP contribution in [-0.2, 0) is 32.5 Å². The number of thiophene rings is 1. The summed E-state index contributed by atoms with van der Waals surface area (Å²) in [5.41, 5.74) is 24.3. The summed E-state index contributed by atoms with van der Waals surface area (Å²) < 4.78 is 2.93. The lowest BCUT2D eigenvalue weighted by Gasteiger charge is -2.51. The maximum atomic E-state index is 2.84. The first-order valence-corrected chi connectivity index (χ1v) is 29.5. The van der Waals surface area contributed by atoms with Crippen LogP contribution in [0.3, 0.4) is 0 Å². The summed E-state index contributed by atoms with van der Waals surface area (Å²) in [5.74, 6) is 1.29. The Labute approximate surface area is 447 Å². The van der Waals surface area contributed by atoms with E-state index in [1.807, 2.05) is 0 Å². The maximum Gasteiger partial charge on any atom is 0.264 e. The Morgan fingerprint density at radius 2 is 1.15 bits per heavy atom. The summed E-state index contributed by atoms with van der Waals surface area (Å²) in [4.78, 5) is 8.34. The van der Waals surface area contributed by atoms with Gasteiger partial charge < -0.3 is 14.7 Å². The molecular formula is C69H78BN3S. The molecule has 74 heavy (non-hydrogen) atoms. The standard InChI is InChI=1S/C69H78BN3S/c1-41-47-37-48-59(40-51(47)67(12)32-29-49(41)67)74-62-61(48)72(45-27-23-43(24-28-45)64(5,6)7)58-36-46(73-55-20-16-15-19-50(55)68(13)30-17-18-31-69(68,73)14)35-57-60(58)70(62)54-38-52-53(66(10,11)34-33-65(52,8)9)39-56(54)71(57)44-25-21-42(22-26-44)63(2,3)4/h15-16,19-28,35-41,49H,17-18,29-34H2,1-14H3. The van der Waals surface area contributed by atoms with Crippen LogP contribution in [0.1, 0.15) is 193 Å². The molecule has 378 valence electrons. The van der Waals surface area contributed by atoms with Crippen molar-refractivity contribution in [2.24, 2.45) is 5.92 Å². The predicted molar refractivity (Wildman–Crippen MR) is 320 cm³/mol. The topological polar surface area (TPSA) is 9.72 Å². The summed E-state index contributed by atoms with van der Waals surface area (Å²) in [6.07, 6.45) is 9.87. The molecule has 1 aromatic heterocycles. The Hall–Kier alpha value is -5.26. The maximum absolute atomic E-state index is 2.84. The van der Waals surface area contributed by atoms with Crippen molar-refractivity contribution in [3.8, 4) is 0 Å². The largest absolute Gasteiger partial charge is 0.334 e. The molecule has 14 rings (SSSR count). The minimum absolute atomic E-state index is 0.0242. The minimum Gasteiger partial charge on any atom is -0.334 e. The summed E-state index contributed by atoms with van der Waals surface area (Å²) in [5, 5.41) is 1.43. The zero-order valence-electron chi connectivity index (χ0n) is 47.0. The molecule has 0 radical (unpaired) electrons. The zero-order chi connectivity index (χ0) is 51.6. The fraction of sp³-hybridized carbons (Fsp3) is 0.449. The molecule has 2 saturated carbocycles. The van der Waals surface area contributed by atoms with Crippen LogP contribution in [0.25, 0.3) is 10.1 Å². The first-order chi connectivity index (χ1) is 34.9. The molecule has 5 atom stereocenters. The van der Waals surface area contributed by atoms with Crippen LogP contribution in [-0.4, -0.2) is 12.3 Å². The number of hydrogen-bond donors (Lipinski definition) is 0. The SMILES string of the molecule is CC1c2cc3c4c(sc3cc2C2(C)CCC12)B1c2cc3c(cc2N(c2ccc(C(C)(C)C)cc2)c2cc(N5c6ccccc6C6(C)CCCCC56C)cc(c21)N4c1ccc(C(C)(C)C)cc1)C(C)(C)CCC3(C)C. The van der Waals surface area contributed by atoms with E-state index < -0.39 is 0 Å². The molecule has 7 aromatic rings. The molecule has 0 N–H and O–H groups in total. The van der Waals surface area contributed by atoms with E-state index in [9.17, 15) is 0 Å². The summed E-state index contributed by atoms with van der Waals surface area (Å²) in [6, 6.07) is 45.1. The average Bonchev–Trinajstić information content (AvgIpc) is 3.91. The van der Waals surface area contributed by atoms with E-state index in [0.717, 1.165) is 12.3 Å². The number of anilines is 8. The third-order valence-electron chi connectivity index (χ3n) is 21.5. The van der Waals surface area contributed by atoms with E-state index in [-0.39, 0.29) is 44.7 Å². The van der Waals surface area contributed by atoms with Crippen LogP contribution in [0.5, 0.6) is 0 Å². The number of benzene rings is 6. The second-order valence-electron chi connectivity index (χ2n) is 28.6. The van der Waals surface area contributed by atoms with Crippen LogP contribution in [0.4, 0.5) is 45.5 Å². The van der Waals surface area contributed by atoms with Crippen molar-refractivity contribution >= 4 is 89.3 Å². The van der Waals surface area contributed by atoms with Crippen molar-refractivity contribution < 1.29 is 0 Å². The van der Waals surface area contributed by atoms with E-state index in [2.05, 4.69) is 232 Å². The van der Waals surface area contributed by atoms with Crippen LogP contribution >= 0.6 is 11.3 Å². The summed E-state index contributed by atoms with van der Waals surface area (Å²) in [7, 11) is 0. The van der Waals surface area contributed by atoms with Crippen LogP contribution in [0, 0.1) is 5.92 Å². The fourth-order valence-electron chi connectivity index (χ4n) is 16.6. The Balaban J connectivity index is 1.13. The number of fused-ring (bicyclic) bond motifs is 13. The molecule has 2 fully saturated rings. The highest BCUT2D eigenvalue weighted by Crippen LogP contribution is 2.65. The zero-order valence-corrected chi connectivity index (χ0v) is 47.8. The quantitative estimate of drug-likeness (QED) is 0.163. The van der Waals surface area contributed by atoms with Crippen LogP contribution < -0.4 is 30.4 Å². The molecule has 0 amide bonds. The first kappa shape index (κ1) is 47.2. The van der Waals surface area contributed by atoms with Crippen molar-refractivity contribution in [1.82, 2.24) is 0 Å². The molecule has 6 aromatic carbocycles. The molecule has 5 unspecified atom stereocenters. The summed E-state index contributed by atoms with van der Waals surface area (Å²) in [6.45, 7) is 34.5. The van der Waals surface area contributed by atoms with Crippen LogP contribution in [0.15, 0.2) is 109 Å². The number of nitrogens with zero attached hydrogens (tertiary/aromatic N) is 3. The third-order valence-corrected chi connectivity index (χ3v) is 22.8. The van der Waals surface area contributed by atoms with E-state index >= 15 is 0 Å². The van der Waals surface area contributed by atoms with E-state index in [1.54, 1.807) is 11.1 Å². The minimum atomic E-state index is -0.101. The lowest BCUT2D eigenvalue weighted by molar-refractivity contribution is 0.142. The monoisotopic (exact) mass is 992 g/mol. The molecule has 0 saturated heterocycles. The Kier molecular flexibility index (Phi) is 9.58. The third kappa shape index (κ3) is 6.14.